The Labute approximate surface area is 91.7 Å². The zero-order chi connectivity index (χ0) is 10.1. The van der Waals surface area contributed by atoms with Crippen molar-refractivity contribution >= 4 is 27.5 Å². The molecule has 1 aliphatic rings. The first-order valence-corrected chi connectivity index (χ1v) is 5.97. The van der Waals surface area contributed by atoms with Crippen LogP contribution in [0.5, 0.6) is 0 Å². The zero-order valence-electron chi connectivity index (χ0n) is 8.23. The summed E-state index contributed by atoms with van der Waals surface area (Å²) in [6, 6.07) is 4.61. The van der Waals surface area contributed by atoms with Gasteiger partial charge in [-0.1, -0.05) is 0 Å². The van der Waals surface area contributed by atoms with Crippen molar-refractivity contribution in [2.75, 3.05) is 18.4 Å². The van der Waals surface area contributed by atoms with Gasteiger partial charge in [0.1, 0.15) is 5.82 Å². The number of anilines is 1. The van der Waals surface area contributed by atoms with Crippen molar-refractivity contribution in [3.63, 3.8) is 0 Å². The summed E-state index contributed by atoms with van der Waals surface area (Å²) in [5.41, 5.74) is 2.68. The average Bonchev–Trinajstić information content (AvgIpc) is 2.87. The van der Waals surface area contributed by atoms with Crippen LogP contribution in [0.3, 0.4) is 0 Å². The Hall–Kier alpha value is -1.20. The van der Waals surface area contributed by atoms with Crippen LogP contribution >= 0.6 is 11.3 Å². The second-order valence-corrected chi connectivity index (χ2v) is 4.59. The average molecular weight is 220 g/mol. The van der Waals surface area contributed by atoms with Crippen molar-refractivity contribution in [3.8, 4) is 0 Å². The molecule has 2 N–H and O–H groups in total. The fraction of sp³-hybridized carbons (Fsp3) is 0.400. The molecule has 0 saturated carbocycles. The lowest BCUT2D eigenvalue weighted by Gasteiger charge is -2.11. The fourth-order valence-corrected chi connectivity index (χ4v) is 2.44. The van der Waals surface area contributed by atoms with Gasteiger partial charge in [-0.15, -0.1) is 11.3 Å². The summed E-state index contributed by atoms with van der Waals surface area (Å²) in [4.78, 5) is 8.66. The molecule has 0 radical (unpaired) electrons. The van der Waals surface area contributed by atoms with Crippen LogP contribution in [0.1, 0.15) is 6.42 Å². The molecule has 1 atom stereocenters. The van der Waals surface area contributed by atoms with E-state index in [0.717, 1.165) is 35.7 Å². The standard InChI is InChI=1S/C10H12N4S/c1-2-9(13-7-3-4-11-5-7)14-10-8(1)15-6-12-10/h1-2,6-7,11H,3-5H2,(H,13,14)/t7-/m1/s1. The lowest BCUT2D eigenvalue weighted by atomic mass is 10.2. The number of hydrogen-bond acceptors (Lipinski definition) is 5. The van der Waals surface area contributed by atoms with Crippen molar-refractivity contribution in [3.05, 3.63) is 17.6 Å². The third-order valence-electron chi connectivity index (χ3n) is 2.61. The minimum absolute atomic E-state index is 0.508. The van der Waals surface area contributed by atoms with Crippen LogP contribution in [0.4, 0.5) is 5.82 Å². The molecule has 3 rings (SSSR count). The highest BCUT2D eigenvalue weighted by atomic mass is 32.1. The quantitative estimate of drug-likeness (QED) is 0.804. The van der Waals surface area contributed by atoms with Crippen LogP contribution in [-0.4, -0.2) is 29.1 Å². The molecule has 2 aromatic rings. The van der Waals surface area contributed by atoms with E-state index in [9.17, 15) is 0 Å². The zero-order valence-corrected chi connectivity index (χ0v) is 9.05. The Morgan fingerprint density at radius 3 is 3.33 bits per heavy atom. The lowest BCUT2D eigenvalue weighted by Crippen LogP contribution is -2.22. The Kier molecular flexibility index (Phi) is 2.26. The minimum Gasteiger partial charge on any atom is -0.366 e. The number of rotatable bonds is 2. The first-order valence-electron chi connectivity index (χ1n) is 5.09. The second-order valence-electron chi connectivity index (χ2n) is 3.70. The van der Waals surface area contributed by atoms with Gasteiger partial charge in [-0.3, -0.25) is 0 Å². The predicted molar refractivity (Wildman–Crippen MR) is 62.3 cm³/mol. The second kappa shape index (κ2) is 3.75. The highest BCUT2D eigenvalue weighted by molar-refractivity contribution is 7.16. The number of hydrogen-bond donors (Lipinski definition) is 2. The molecule has 1 fully saturated rings. The highest BCUT2D eigenvalue weighted by Crippen LogP contribution is 2.18. The van der Waals surface area contributed by atoms with Gasteiger partial charge < -0.3 is 10.6 Å². The van der Waals surface area contributed by atoms with Crippen LogP contribution in [0, 0.1) is 0 Å². The summed E-state index contributed by atoms with van der Waals surface area (Å²) in [7, 11) is 0. The smallest absolute Gasteiger partial charge is 0.172 e. The van der Waals surface area contributed by atoms with Gasteiger partial charge in [0.25, 0.3) is 0 Å². The van der Waals surface area contributed by atoms with Gasteiger partial charge in [0, 0.05) is 12.6 Å². The third kappa shape index (κ3) is 1.80. The number of nitrogens with zero attached hydrogens (tertiary/aromatic N) is 2. The summed E-state index contributed by atoms with van der Waals surface area (Å²) in [6.45, 7) is 2.12. The molecule has 4 nitrogen and oxygen atoms in total. The minimum atomic E-state index is 0.508. The largest absolute Gasteiger partial charge is 0.366 e. The van der Waals surface area contributed by atoms with Gasteiger partial charge in [-0.2, -0.15) is 0 Å². The predicted octanol–water partition coefficient (Wildman–Crippen LogP) is 1.47. The third-order valence-corrected chi connectivity index (χ3v) is 3.39. The Morgan fingerprint density at radius 1 is 1.47 bits per heavy atom. The molecule has 0 bridgehead atoms. The Bertz CT molecular complexity index is 461. The first-order chi connectivity index (χ1) is 7.42. The molecule has 3 heterocycles. The number of pyridine rings is 1. The van der Waals surface area contributed by atoms with E-state index in [1.54, 1.807) is 11.3 Å². The van der Waals surface area contributed by atoms with E-state index in [-0.39, 0.29) is 0 Å². The molecule has 0 amide bonds. The molecule has 0 aliphatic carbocycles. The van der Waals surface area contributed by atoms with Gasteiger partial charge in [-0.05, 0) is 25.1 Å². The van der Waals surface area contributed by atoms with Crippen LogP contribution in [-0.2, 0) is 0 Å². The summed E-state index contributed by atoms with van der Waals surface area (Å²) in [6.07, 6.45) is 1.16. The molecule has 0 spiro atoms. The van der Waals surface area contributed by atoms with Crippen molar-refractivity contribution in [1.29, 1.82) is 0 Å². The maximum atomic E-state index is 4.46. The van der Waals surface area contributed by atoms with E-state index in [1.165, 1.54) is 0 Å². The van der Waals surface area contributed by atoms with Crippen molar-refractivity contribution in [1.82, 2.24) is 15.3 Å². The van der Waals surface area contributed by atoms with Crippen LogP contribution in [0.15, 0.2) is 17.6 Å². The van der Waals surface area contributed by atoms with E-state index < -0.39 is 0 Å². The first kappa shape index (κ1) is 9.06. The number of nitrogens with one attached hydrogen (secondary N) is 2. The molecule has 1 saturated heterocycles. The molecule has 1 aliphatic heterocycles. The molecular weight excluding hydrogens is 208 g/mol. The SMILES string of the molecule is c1nc2nc(N[C@@H]3CCNC3)ccc2s1. The number of aromatic nitrogens is 2. The summed E-state index contributed by atoms with van der Waals surface area (Å²) < 4.78 is 1.14. The number of fused-ring (bicyclic) bond motifs is 1. The summed E-state index contributed by atoms with van der Waals surface area (Å²) in [5.74, 6) is 0.933. The van der Waals surface area contributed by atoms with Crippen molar-refractivity contribution in [2.45, 2.75) is 12.5 Å². The maximum Gasteiger partial charge on any atom is 0.172 e. The van der Waals surface area contributed by atoms with E-state index >= 15 is 0 Å². The Morgan fingerprint density at radius 2 is 2.47 bits per heavy atom. The molecule has 0 aromatic carbocycles. The summed E-state index contributed by atoms with van der Waals surface area (Å²) >= 11 is 1.63. The molecule has 5 heteroatoms. The molecule has 0 unspecified atom stereocenters. The molecule has 2 aromatic heterocycles. The van der Waals surface area contributed by atoms with Crippen molar-refractivity contribution < 1.29 is 0 Å². The van der Waals surface area contributed by atoms with Gasteiger partial charge in [0.2, 0.25) is 0 Å². The van der Waals surface area contributed by atoms with Crippen LogP contribution < -0.4 is 10.6 Å². The Balaban J connectivity index is 1.84. The molecular formula is C10H12N4S. The molecule has 78 valence electrons. The van der Waals surface area contributed by atoms with Crippen molar-refractivity contribution in [2.24, 2.45) is 0 Å². The monoisotopic (exact) mass is 220 g/mol. The normalized spacial score (nSPS) is 20.9. The fourth-order valence-electron chi connectivity index (χ4n) is 1.82. The highest BCUT2D eigenvalue weighted by Gasteiger charge is 2.14. The van der Waals surface area contributed by atoms with E-state index in [2.05, 4.69) is 26.7 Å². The van der Waals surface area contributed by atoms with Crippen LogP contribution in [0.2, 0.25) is 0 Å². The maximum absolute atomic E-state index is 4.46. The lowest BCUT2D eigenvalue weighted by molar-refractivity contribution is 0.789. The van der Waals surface area contributed by atoms with Gasteiger partial charge >= 0.3 is 0 Å². The van der Waals surface area contributed by atoms with Gasteiger partial charge in [-0.25, -0.2) is 9.97 Å². The van der Waals surface area contributed by atoms with E-state index in [4.69, 9.17) is 0 Å². The topological polar surface area (TPSA) is 49.8 Å². The van der Waals surface area contributed by atoms with Crippen LogP contribution in [0.25, 0.3) is 10.3 Å². The van der Waals surface area contributed by atoms with E-state index in [1.807, 2.05) is 11.6 Å². The number of thiazole rings is 1. The molecule has 15 heavy (non-hydrogen) atoms. The van der Waals surface area contributed by atoms with E-state index in [0.29, 0.717) is 6.04 Å². The summed E-state index contributed by atoms with van der Waals surface area (Å²) in [5, 5.41) is 6.73. The van der Waals surface area contributed by atoms with Gasteiger partial charge in [0.05, 0.1) is 10.2 Å². The van der Waals surface area contributed by atoms with Gasteiger partial charge in [0.15, 0.2) is 5.65 Å².